The van der Waals surface area contributed by atoms with Crippen LogP contribution in [0, 0.1) is 34.6 Å². The van der Waals surface area contributed by atoms with Gasteiger partial charge in [-0.15, -0.1) is 0 Å². The second-order valence-corrected chi connectivity index (χ2v) is 7.95. The molecule has 2 N–H and O–H groups in total. The zero-order chi connectivity index (χ0) is 22.7. The number of aromatic nitrogens is 1. The fourth-order valence-corrected chi connectivity index (χ4v) is 3.71. The minimum Gasteiger partial charge on any atom is -0.317 e. The average molecular weight is 437 g/mol. The Hall–Kier alpha value is -3.38. The molecule has 160 valence electrons. The van der Waals surface area contributed by atoms with Crippen molar-refractivity contribution in [2.24, 2.45) is 5.10 Å². The third-order valence-corrected chi connectivity index (χ3v) is 5.39. The Bertz CT molecular complexity index is 1170. The van der Waals surface area contributed by atoms with Gasteiger partial charge in [0.1, 0.15) is 0 Å². The standard InChI is InChI=1S/C24H25ClN4O2/c1-14-9-10-20(25)12-21(14)27-23(30)24(31)28-26-13-19-11-17(4)29(18(19)5)22-15(2)7-6-8-16(22)3/h6-13H,1-5H3,(H,27,30)(H,28,31)/b26-13-. The van der Waals surface area contributed by atoms with Gasteiger partial charge in [-0.25, -0.2) is 5.43 Å². The molecule has 0 aliphatic rings. The van der Waals surface area contributed by atoms with Crippen molar-refractivity contribution in [3.8, 4) is 5.69 Å². The second kappa shape index (κ2) is 9.18. The highest BCUT2D eigenvalue weighted by molar-refractivity contribution is 6.40. The molecule has 1 aromatic heterocycles. The maximum atomic E-state index is 12.2. The predicted octanol–water partition coefficient (Wildman–Crippen LogP) is 4.76. The number of nitrogens with one attached hydrogen (secondary N) is 2. The quantitative estimate of drug-likeness (QED) is 0.351. The highest BCUT2D eigenvalue weighted by Gasteiger charge is 2.15. The Morgan fingerprint density at radius 1 is 0.935 bits per heavy atom. The van der Waals surface area contributed by atoms with Crippen LogP contribution in [0.5, 0.6) is 0 Å². The molecule has 0 unspecified atom stereocenters. The van der Waals surface area contributed by atoms with E-state index in [0.717, 1.165) is 28.2 Å². The van der Waals surface area contributed by atoms with Crippen molar-refractivity contribution in [1.29, 1.82) is 0 Å². The molecule has 2 aromatic carbocycles. The second-order valence-electron chi connectivity index (χ2n) is 7.51. The molecule has 3 aromatic rings. The summed E-state index contributed by atoms with van der Waals surface area (Å²) < 4.78 is 2.17. The molecule has 31 heavy (non-hydrogen) atoms. The van der Waals surface area contributed by atoms with Crippen LogP contribution in [0.3, 0.4) is 0 Å². The van der Waals surface area contributed by atoms with Gasteiger partial charge in [0.2, 0.25) is 0 Å². The molecule has 0 atom stereocenters. The van der Waals surface area contributed by atoms with Crippen molar-refractivity contribution < 1.29 is 9.59 Å². The van der Waals surface area contributed by atoms with Crippen LogP contribution in [0.25, 0.3) is 5.69 Å². The number of halogens is 1. The summed E-state index contributed by atoms with van der Waals surface area (Å²) in [4.78, 5) is 24.3. The Morgan fingerprint density at radius 3 is 2.29 bits per heavy atom. The van der Waals surface area contributed by atoms with Gasteiger partial charge in [-0.05, 0) is 69.5 Å². The summed E-state index contributed by atoms with van der Waals surface area (Å²) >= 11 is 5.95. The molecule has 0 spiro atoms. The lowest BCUT2D eigenvalue weighted by atomic mass is 10.1. The summed E-state index contributed by atoms with van der Waals surface area (Å²) in [5.41, 5.74) is 9.94. The molecule has 6 nitrogen and oxygen atoms in total. The lowest BCUT2D eigenvalue weighted by Gasteiger charge is -2.15. The zero-order valence-corrected chi connectivity index (χ0v) is 19.0. The minimum atomic E-state index is -0.862. The number of hydrogen-bond donors (Lipinski definition) is 2. The van der Waals surface area contributed by atoms with Crippen molar-refractivity contribution in [2.45, 2.75) is 34.6 Å². The Morgan fingerprint density at radius 2 is 1.61 bits per heavy atom. The average Bonchev–Trinajstić information content (AvgIpc) is 2.98. The summed E-state index contributed by atoms with van der Waals surface area (Å²) in [6.07, 6.45) is 1.54. The van der Waals surface area contributed by atoms with Crippen LogP contribution in [-0.4, -0.2) is 22.6 Å². The zero-order valence-electron chi connectivity index (χ0n) is 18.2. The number of hydrazone groups is 1. The highest BCUT2D eigenvalue weighted by Crippen LogP contribution is 2.25. The van der Waals surface area contributed by atoms with Crippen LogP contribution < -0.4 is 10.7 Å². The van der Waals surface area contributed by atoms with Gasteiger partial charge in [0.15, 0.2) is 0 Å². The van der Waals surface area contributed by atoms with E-state index in [4.69, 9.17) is 11.6 Å². The number of anilines is 1. The van der Waals surface area contributed by atoms with Crippen molar-refractivity contribution >= 4 is 35.3 Å². The SMILES string of the molecule is Cc1ccc(Cl)cc1NC(=O)C(=O)N/N=C\c1cc(C)n(-c2c(C)cccc2C)c1C. The van der Waals surface area contributed by atoms with Gasteiger partial charge in [0, 0.05) is 27.7 Å². The first-order valence-corrected chi connectivity index (χ1v) is 10.2. The fraction of sp³-hybridized carbons (Fsp3) is 0.208. The largest absolute Gasteiger partial charge is 0.329 e. The number of hydrogen-bond acceptors (Lipinski definition) is 3. The first-order valence-electron chi connectivity index (χ1n) is 9.85. The number of carbonyl (C=O) groups is 2. The first kappa shape index (κ1) is 22.3. The van der Waals surface area contributed by atoms with E-state index in [-0.39, 0.29) is 0 Å². The molecule has 0 fully saturated rings. The van der Waals surface area contributed by atoms with E-state index < -0.39 is 11.8 Å². The number of aryl methyl sites for hydroxylation is 4. The molecule has 1 heterocycles. The Labute approximate surface area is 186 Å². The van der Waals surface area contributed by atoms with E-state index in [9.17, 15) is 9.59 Å². The molecule has 0 saturated heterocycles. The normalized spacial score (nSPS) is 11.0. The number of benzene rings is 2. The molecule has 0 radical (unpaired) electrons. The summed E-state index contributed by atoms with van der Waals surface area (Å²) in [6.45, 7) is 9.99. The Balaban J connectivity index is 1.73. The highest BCUT2D eigenvalue weighted by atomic mass is 35.5. The summed E-state index contributed by atoms with van der Waals surface area (Å²) in [6, 6.07) is 13.3. The molecule has 2 amide bonds. The van der Waals surface area contributed by atoms with E-state index in [1.165, 1.54) is 11.1 Å². The molecule has 0 aliphatic heterocycles. The van der Waals surface area contributed by atoms with Crippen LogP contribution in [0.4, 0.5) is 5.69 Å². The van der Waals surface area contributed by atoms with Crippen LogP contribution in [0.15, 0.2) is 47.6 Å². The molecule has 3 rings (SSSR count). The van der Waals surface area contributed by atoms with Crippen molar-refractivity contribution in [3.05, 3.63) is 81.1 Å². The van der Waals surface area contributed by atoms with Crippen molar-refractivity contribution in [1.82, 2.24) is 9.99 Å². The number of para-hydroxylation sites is 1. The van der Waals surface area contributed by atoms with Crippen LogP contribution >= 0.6 is 11.6 Å². The third kappa shape index (κ3) is 4.86. The number of carbonyl (C=O) groups excluding carboxylic acids is 2. The molecule has 0 saturated carbocycles. The predicted molar refractivity (Wildman–Crippen MR) is 125 cm³/mol. The van der Waals surface area contributed by atoms with Gasteiger partial charge in [0.05, 0.1) is 11.9 Å². The van der Waals surface area contributed by atoms with Gasteiger partial charge in [0.25, 0.3) is 0 Å². The molecule has 0 bridgehead atoms. The van der Waals surface area contributed by atoms with Gasteiger partial charge in [-0.2, -0.15) is 5.10 Å². The molecule has 7 heteroatoms. The van der Waals surface area contributed by atoms with Crippen molar-refractivity contribution in [2.75, 3.05) is 5.32 Å². The van der Waals surface area contributed by atoms with E-state index in [2.05, 4.69) is 46.4 Å². The fourth-order valence-electron chi connectivity index (χ4n) is 3.54. The lowest BCUT2D eigenvalue weighted by Crippen LogP contribution is -2.32. The maximum Gasteiger partial charge on any atom is 0.329 e. The van der Waals surface area contributed by atoms with Crippen LogP contribution in [-0.2, 0) is 9.59 Å². The summed E-state index contributed by atoms with van der Waals surface area (Å²) in [7, 11) is 0. The smallest absolute Gasteiger partial charge is 0.317 e. The third-order valence-electron chi connectivity index (χ3n) is 5.16. The van der Waals surface area contributed by atoms with Crippen LogP contribution in [0.1, 0.15) is 33.6 Å². The first-order chi connectivity index (χ1) is 14.7. The number of rotatable bonds is 4. The van der Waals surface area contributed by atoms with E-state index in [1.807, 2.05) is 32.9 Å². The minimum absolute atomic E-state index is 0.471. The summed E-state index contributed by atoms with van der Waals surface area (Å²) in [5.74, 6) is -1.68. The molecular weight excluding hydrogens is 412 g/mol. The van der Waals surface area contributed by atoms with E-state index >= 15 is 0 Å². The van der Waals surface area contributed by atoms with Gasteiger partial charge in [-0.1, -0.05) is 35.9 Å². The monoisotopic (exact) mass is 436 g/mol. The van der Waals surface area contributed by atoms with Crippen molar-refractivity contribution in [3.63, 3.8) is 0 Å². The number of amides is 2. The topological polar surface area (TPSA) is 75.5 Å². The molecule has 0 aliphatic carbocycles. The van der Waals surface area contributed by atoms with E-state index in [1.54, 1.807) is 24.4 Å². The van der Waals surface area contributed by atoms with Crippen LogP contribution in [0.2, 0.25) is 5.02 Å². The Kier molecular flexibility index (Phi) is 6.61. The number of nitrogens with zero attached hydrogens (tertiary/aromatic N) is 2. The van der Waals surface area contributed by atoms with Gasteiger partial charge in [-0.3, -0.25) is 9.59 Å². The lowest BCUT2D eigenvalue weighted by molar-refractivity contribution is -0.136. The van der Waals surface area contributed by atoms with E-state index in [0.29, 0.717) is 10.7 Å². The van der Waals surface area contributed by atoms with Gasteiger partial charge >= 0.3 is 11.8 Å². The maximum absolute atomic E-state index is 12.2. The molecular formula is C24H25ClN4O2. The van der Waals surface area contributed by atoms with Gasteiger partial charge < -0.3 is 9.88 Å². The summed E-state index contributed by atoms with van der Waals surface area (Å²) in [5, 5.41) is 6.99.